The standard InChI is InChI=1S/C27H29N3O3S/c1-19-11-14-21(15-12-19)33-17-26-29-24(18-34-26)27(32)30-23-10-6-5-9-22(23)28-25(31)16-13-20-7-3-2-4-8-20/h2-4,7-8,11-16,18,22-23H,5-6,9-10,17H2,1H3,(H,28,31)(H,30,32)/b16-13+. The van der Waals surface area contributed by atoms with E-state index in [2.05, 4.69) is 15.6 Å². The predicted molar refractivity (Wildman–Crippen MR) is 135 cm³/mol. The first-order valence-electron chi connectivity index (χ1n) is 11.6. The van der Waals surface area contributed by atoms with E-state index in [4.69, 9.17) is 4.74 Å². The maximum absolute atomic E-state index is 12.8. The molecule has 1 aliphatic carbocycles. The molecule has 176 valence electrons. The molecule has 2 atom stereocenters. The average molecular weight is 476 g/mol. The van der Waals surface area contributed by atoms with Gasteiger partial charge in [0.05, 0.1) is 0 Å². The molecule has 0 radical (unpaired) electrons. The summed E-state index contributed by atoms with van der Waals surface area (Å²) in [4.78, 5) is 29.7. The highest BCUT2D eigenvalue weighted by atomic mass is 32.1. The minimum Gasteiger partial charge on any atom is -0.486 e. The fourth-order valence-corrected chi connectivity index (χ4v) is 4.63. The molecule has 6 nitrogen and oxygen atoms in total. The lowest BCUT2D eigenvalue weighted by atomic mass is 9.90. The van der Waals surface area contributed by atoms with Crippen molar-refractivity contribution in [2.45, 2.75) is 51.3 Å². The Bertz CT molecular complexity index is 1130. The van der Waals surface area contributed by atoms with E-state index in [1.54, 1.807) is 17.5 Å². The van der Waals surface area contributed by atoms with Gasteiger partial charge < -0.3 is 15.4 Å². The van der Waals surface area contributed by atoms with Gasteiger partial charge in [-0.25, -0.2) is 4.98 Å². The van der Waals surface area contributed by atoms with Crippen LogP contribution in [-0.4, -0.2) is 28.9 Å². The second kappa shape index (κ2) is 11.6. The van der Waals surface area contributed by atoms with Gasteiger partial charge in [0, 0.05) is 23.5 Å². The number of aryl methyl sites for hydroxylation is 1. The Hall–Kier alpha value is -3.45. The third kappa shape index (κ3) is 6.78. The van der Waals surface area contributed by atoms with E-state index in [-0.39, 0.29) is 23.9 Å². The highest BCUT2D eigenvalue weighted by Gasteiger charge is 2.28. The molecule has 4 rings (SSSR count). The van der Waals surface area contributed by atoms with Crippen molar-refractivity contribution in [2.75, 3.05) is 0 Å². The summed E-state index contributed by atoms with van der Waals surface area (Å²) < 4.78 is 5.77. The van der Waals surface area contributed by atoms with Crippen molar-refractivity contribution in [1.82, 2.24) is 15.6 Å². The molecule has 1 aromatic heterocycles. The zero-order chi connectivity index (χ0) is 23.8. The Balaban J connectivity index is 1.30. The van der Waals surface area contributed by atoms with E-state index in [1.807, 2.05) is 61.5 Å². The van der Waals surface area contributed by atoms with Crippen LogP contribution >= 0.6 is 11.3 Å². The first kappa shape index (κ1) is 23.7. The van der Waals surface area contributed by atoms with Crippen molar-refractivity contribution in [2.24, 2.45) is 0 Å². The molecule has 1 heterocycles. The second-order valence-corrected chi connectivity index (χ2v) is 9.39. The van der Waals surface area contributed by atoms with Gasteiger partial charge in [-0.05, 0) is 43.5 Å². The van der Waals surface area contributed by atoms with Gasteiger partial charge in [0.25, 0.3) is 5.91 Å². The number of hydrogen-bond donors (Lipinski definition) is 2. The fourth-order valence-electron chi connectivity index (χ4n) is 3.95. The van der Waals surface area contributed by atoms with Gasteiger partial charge >= 0.3 is 0 Å². The largest absolute Gasteiger partial charge is 0.486 e. The number of aromatic nitrogens is 1. The van der Waals surface area contributed by atoms with Gasteiger partial charge in [0.2, 0.25) is 5.91 Å². The molecule has 2 amide bonds. The topological polar surface area (TPSA) is 80.3 Å². The first-order valence-corrected chi connectivity index (χ1v) is 12.4. The van der Waals surface area contributed by atoms with Crippen LogP contribution in [0.2, 0.25) is 0 Å². The van der Waals surface area contributed by atoms with Gasteiger partial charge in [-0.1, -0.05) is 60.9 Å². The van der Waals surface area contributed by atoms with E-state index in [0.29, 0.717) is 12.3 Å². The number of nitrogens with zero attached hydrogens (tertiary/aromatic N) is 1. The number of carbonyl (C=O) groups is 2. The normalized spacial score (nSPS) is 17.9. The quantitative estimate of drug-likeness (QED) is 0.454. The van der Waals surface area contributed by atoms with Crippen LogP contribution in [0.1, 0.15) is 52.3 Å². The van der Waals surface area contributed by atoms with E-state index < -0.39 is 0 Å². The van der Waals surface area contributed by atoms with Crippen LogP contribution in [0.5, 0.6) is 5.75 Å². The van der Waals surface area contributed by atoms with Crippen LogP contribution in [0, 0.1) is 6.92 Å². The minimum absolute atomic E-state index is 0.103. The molecule has 2 aromatic carbocycles. The monoisotopic (exact) mass is 475 g/mol. The van der Waals surface area contributed by atoms with Gasteiger partial charge in [0.15, 0.2) is 0 Å². The number of hydrogen-bond acceptors (Lipinski definition) is 5. The summed E-state index contributed by atoms with van der Waals surface area (Å²) in [5.41, 5.74) is 2.52. The SMILES string of the molecule is Cc1ccc(OCc2nc(C(=O)NC3CCCCC3NC(=O)/C=C/c3ccccc3)cs2)cc1. The first-order chi connectivity index (χ1) is 16.6. The summed E-state index contributed by atoms with van der Waals surface area (Å²) >= 11 is 1.40. The lowest BCUT2D eigenvalue weighted by Gasteiger charge is -2.32. The Kier molecular flexibility index (Phi) is 8.09. The lowest BCUT2D eigenvalue weighted by molar-refractivity contribution is -0.117. The molecular formula is C27H29N3O3S. The van der Waals surface area contributed by atoms with Crippen LogP contribution < -0.4 is 15.4 Å². The molecule has 2 N–H and O–H groups in total. The van der Waals surface area contributed by atoms with Crippen LogP contribution in [0.3, 0.4) is 0 Å². The molecule has 2 unspecified atom stereocenters. The van der Waals surface area contributed by atoms with Crippen molar-refractivity contribution in [3.05, 3.63) is 87.9 Å². The number of benzene rings is 2. The molecule has 34 heavy (non-hydrogen) atoms. The molecular weight excluding hydrogens is 446 g/mol. The molecule has 1 fully saturated rings. The number of ether oxygens (including phenoxy) is 1. The van der Waals surface area contributed by atoms with Gasteiger partial charge in [-0.2, -0.15) is 0 Å². The Morgan fingerprint density at radius 1 is 1.03 bits per heavy atom. The number of rotatable bonds is 8. The van der Waals surface area contributed by atoms with Crippen molar-refractivity contribution in [3.8, 4) is 5.75 Å². The molecule has 1 saturated carbocycles. The van der Waals surface area contributed by atoms with E-state index in [1.165, 1.54) is 16.9 Å². The number of nitrogens with one attached hydrogen (secondary N) is 2. The third-order valence-electron chi connectivity index (χ3n) is 5.80. The zero-order valence-corrected chi connectivity index (χ0v) is 20.0. The Morgan fingerprint density at radius 3 is 2.47 bits per heavy atom. The zero-order valence-electron chi connectivity index (χ0n) is 19.2. The van der Waals surface area contributed by atoms with E-state index >= 15 is 0 Å². The molecule has 7 heteroatoms. The number of carbonyl (C=O) groups excluding carboxylic acids is 2. The Morgan fingerprint density at radius 2 is 1.74 bits per heavy atom. The van der Waals surface area contributed by atoms with Gasteiger partial charge in [-0.3, -0.25) is 9.59 Å². The number of amides is 2. The second-order valence-electron chi connectivity index (χ2n) is 8.45. The molecule has 0 saturated heterocycles. The number of thiazole rings is 1. The summed E-state index contributed by atoms with van der Waals surface area (Å²) in [7, 11) is 0. The summed E-state index contributed by atoms with van der Waals surface area (Å²) in [6.07, 6.45) is 7.04. The summed E-state index contributed by atoms with van der Waals surface area (Å²) in [5, 5.41) is 8.64. The smallest absolute Gasteiger partial charge is 0.271 e. The van der Waals surface area contributed by atoms with Crippen LogP contribution in [0.4, 0.5) is 0 Å². The van der Waals surface area contributed by atoms with E-state index in [9.17, 15) is 9.59 Å². The van der Waals surface area contributed by atoms with E-state index in [0.717, 1.165) is 42.0 Å². The van der Waals surface area contributed by atoms with Crippen LogP contribution in [0.25, 0.3) is 6.08 Å². The molecule has 1 aliphatic rings. The summed E-state index contributed by atoms with van der Waals surface area (Å²) in [6, 6.07) is 17.3. The maximum atomic E-state index is 12.8. The molecule has 0 spiro atoms. The van der Waals surface area contributed by atoms with Crippen LogP contribution in [-0.2, 0) is 11.4 Å². The highest BCUT2D eigenvalue weighted by molar-refractivity contribution is 7.09. The van der Waals surface area contributed by atoms with Crippen molar-refractivity contribution >= 4 is 29.2 Å². The van der Waals surface area contributed by atoms with Gasteiger partial charge in [0.1, 0.15) is 23.1 Å². The average Bonchev–Trinajstić information content (AvgIpc) is 3.34. The minimum atomic E-state index is -0.219. The predicted octanol–water partition coefficient (Wildman–Crippen LogP) is 4.90. The van der Waals surface area contributed by atoms with Crippen molar-refractivity contribution in [1.29, 1.82) is 0 Å². The maximum Gasteiger partial charge on any atom is 0.271 e. The third-order valence-corrected chi connectivity index (χ3v) is 6.63. The molecule has 0 bridgehead atoms. The summed E-state index contributed by atoms with van der Waals surface area (Å²) in [6.45, 7) is 2.34. The Labute approximate surface area is 204 Å². The van der Waals surface area contributed by atoms with Crippen molar-refractivity contribution < 1.29 is 14.3 Å². The fraction of sp³-hybridized carbons (Fsp3) is 0.296. The van der Waals surface area contributed by atoms with Crippen LogP contribution in [0.15, 0.2) is 66.1 Å². The summed E-state index contributed by atoms with van der Waals surface area (Å²) in [5.74, 6) is 0.400. The lowest BCUT2D eigenvalue weighted by Crippen LogP contribution is -2.53. The molecule has 0 aliphatic heterocycles. The molecule has 3 aromatic rings. The van der Waals surface area contributed by atoms with Gasteiger partial charge in [-0.15, -0.1) is 11.3 Å². The van der Waals surface area contributed by atoms with Crippen molar-refractivity contribution in [3.63, 3.8) is 0 Å². The highest BCUT2D eigenvalue weighted by Crippen LogP contribution is 2.20.